The average molecular weight is 473 g/mol. The molecule has 1 aliphatic heterocycles. The van der Waals surface area contributed by atoms with Gasteiger partial charge in [0, 0.05) is 43.0 Å². The summed E-state index contributed by atoms with van der Waals surface area (Å²) in [6, 6.07) is 18.2. The fraction of sp³-hybridized carbons (Fsp3) is 0.261. The molecule has 1 aliphatic rings. The van der Waals surface area contributed by atoms with E-state index < -0.39 is 0 Å². The number of rotatable bonds is 5. The third kappa shape index (κ3) is 4.42. The maximum atomic E-state index is 12.8. The van der Waals surface area contributed by atoms with Crippen LogP contribution in [0.1, 0.15) is 33.2 Å². The molecule has 150 valence electrons. The molecule has 3 aromatic rings. The molecular formula is C23H23BrClN3O. The first-order valence-corrected chi connectivity index (χ1v) is 10.9. The number of carbonyl (C=O) groups is 1. The van der Waals surface area contributed by atoms with Gasteiger partial charge in [-0.25, -0.2) is 0 Å². The Kier molecular flexibility index (Phi) is 6.09. The molecule has 0 saturated carbocycles. The zero-order valence-corrected chi connectivity index (χ0v) is 18.6. The van der Waals surface area contributed by atoms with Crippen LogP contribution >= 0.6 is 27.5 Å². The van der Waals surface area contributed by atoms with Gasteiger partial charge in [-0.05, 0) is 47.9 Å². The van der Waals surface area contributed by atoms with Crippen molar-refractivity contribution < 1.29 is 4.79 Å². The molecule has 6 heteroatoms. The summed E-state index contributed by atoms with van der Waals surface area (Å²) in [7, 11) is 2.05. The first-order chi connectivity index (χ1) is 14.0. The number of nitrogens with zero attached hydrogens (tertiary/aromatic N) is 2. The Morgan fingerprint density at radius 2 is 1.97 bits per heavy atom. The van der Waals surface area contributed by atoms with Crippen LogP contribution in [0, 0.1) is 0 Å². The molecule has 0 spiro atoms. The van der Waals surface area contributed by atoms with Gasteiger partial charge < -0.3 is 9.88 Å². The molecule has 1 aromatic heterocycles. The van der Waals surface area contributed by atoms with Gasteiger partial charge in [0.1, 0.15) is 0 Å². The van der Waals surface area contributed by atoms with Gasteiger partial charge in [-0.15, -0.1) is 0 Å². The summed E-state index contributed by atoms with van der Waals surface area (Å²) >= 11 is 9.65. The smallest absolute Gasteiger partial charge is 0.252 e. The lowest BCUT2D eigenvalue weighted by atomic mass is 9.97. The number of carbonyl (C=O) groups excluding carboxylic acids is 1. The Balaban J connectivity index is 1.55. The topological polar surface area (TPSA) is 37.3 Å². The van der Waals surface area contributed by atoms with Gasteiger partial charge in [0.25, 0.3) is 5.91 Å². The zero-order valence-electron chi connectivity index (χ0n) is 16.2. The van der Waals surface area contributed by atoms with Crippen molar-refractivity contribution in [3.8, 4) is 0 Å². The molecule has 0 fully saturated rings. The summed E-state index contributed by atoms with van der Waals surface area (Å²) in [5.41, 5.74) is 4.44. The summed E-state index contributed by atoms with van der Waals surface area (Å²) in [5, 5.41) is 3.56. The number of hydrogen-bond acceptors (Lipinski definition) is 2. The van der Waals surface area contributed by atoms with Gasteiger partial charge in [-0.3, -0.25) is 9.69 Å². The molecule has 4 nitrogen and oxygen atoms in total. The molecule has 0 aliphatic carbocycles. The fourth-order valence-corrected chi connectivity index (χ4v) is 4.55. The van der Waals surface area contributed by atoms with Gasteiger partial charge in [-0.1, -0.05) is 51.8 Å². The predicted molar refractivity (Wildman–Crippen MR) is 120 cm³/mol. The highest BCUT2D eigenvalue weighted by atomic mass is 79.9. The highest BCUT2D eigenvalue weighted by Crippen LogP contribution is 2.28. The van der Waals surface area contributed by atoms with Crippen molar-refractivity contribution in [2.45, 2.75) is 19.0 Å². The molecule has 1 amide bonds. The molecule has 0 saturated heterocycles. The van der Waals surface area contributed by atoms with Gasteiger partial charge in [0.15, 0.2) is 0 Å². The van der Waals surface area contributed by atoms with E-state index in [4.69, 9.17) is 11.6 Å². The van der Waals surface area contributed by atoms with Crippen LogP contribution in [0.3, 0.4) is 0 Å². The van der Waals surface area contributed by atoms with E-state index in [0.717, 1.165) is 24.0 Å². The Labute approximate surface area is 184 Å². The van der Waals surface area contributed by atoms with E-state index in [-0.39, 0.29) is 11.9 Å². The van der Waals surface area contributed by atoms with Gasteiger partial charge in [0.2, 0.25) is 0 Å². The van der Waals surface area contributed by atoms with Gasteiger partial charge in [0.05, 0.1) is 16.6 Å². The maximum Gasteiger partial charge on any atom is 0.252 e. The van der Waals surface area contributed by atoms with Gasteiger partial charge in [-0.2, -0.15) is 0 Å². The molecule has 2 aromatic carbocycles. The van der Waals surface area contributed by atoms with E-state index in [1.54, 1.807) is 12.1 Å². The number of aromatic nitrogens is 1. The van der Waals surface area contributed by atoms with Crippen LogP contribution in [0.15, 0.2) is 65.3 Å². The van der Waals surface area contributed by atoms with Crippen molar-refractivity contribution in [3.63, 3.8) is 0 Å². The molecule has 4 rings (SSSR count). The number of fused-ring (bicyclic) bond motifs is 1. The van der Waals surface area contributed by atoms with E-state index in [1.165, 1.54) is 16.8 Å². The van der Waals surface area contributed by atoms with Crippen LogP contribution in [-0.4, -0.2) is 28.5 Å². The zero-order chi connectivity index (χ0) is 20.4. The van der Waals surface area contributed by atoms with E-state index in [2.05, 4.69) is 61.0 Å². The van der Waals surface area contributed by atoms with Crippen LogP contribution < -0.4 is 5.32 Å². The lowest BCUT2D eigenvalue weighted by Crippen LogP contribution is -2.41. The monoisotopic (exact) mass is 471 g/mol. The number of nitrogens with one attached hydrogen (secondary N) is 1. The van der Waals surface area contributed by atoms with E-state index in [9.17, 15) is 4.79 Å². The van der Waals surface area contributed by atoms with Crippen molar-refractivity contribution >= 4 is 33.4 Å². The molecule has 2 heterocycles. The molecule has 0 bridgehead atoms. The fourth-order valence-electron chi connectivity index (χ4n) is 3.98. The minimum atomic E-state index is -0.159. The number of hydrogen-bond donors (Lipinski definition) is 1. The summed E-state index contributed by atoms with van der Waals surface area (Å²) in [6.45, 7) is 2.35. The molecule has 29 heavy (non-hydrogen) atoms. The predicted octanol–water partition coefficient (Wildman–Crippen LogP) is 4.97. The quantitative estimate of drug-likeness (QED) is 0.569. The summed E-state index contributed by atoms with van der Waals surface area (Å²) in [6.07, 6.45) is 3.07. The lowest BCUT2D eigenvalue weighted by molar-refractivity contribution is 0.0925. The van der Waals surface area contributed by atoms with Crippen molar-refractivity contribution in [1.82, 2.24) is 14.8 Å². The van der Waals surface area contributed by atoms with E-state index in [1.807, 2.05) is 25.4 Å². The standard InChI is InChI=1S/C23H23BrClN3O/c1-27-11-4-7-21(27)22(28-12-10-16-5-2-3-6-17(16)15-28)14-26-23(29)19-13-18(24)8-9-20(19)25/h2-9,11,13,22H,10,12,14-15H2,1H3,(H,26,29). The van der Waals surface area contributed by atoms with Crippen molar-refractivity contribution in [1.29, 1.82) is 0 Å². The number of benzene rings is 2. The van der Waals surface area contributed by atoms with E-state index >= 15 is 0 Å². The summed E-state index contributed by atoms with van der Waals surface area (Å²) in [4.78, 5) is 15.3. The second-order valence-corrected chi connectivity index (χ2v) is 8.71. The van der Waals surface area contributed by atoms with Gasteiger partial charge >= 0.3 is 0 Å². The van der Waals surface area contributed by atoms with Crippen LogP contribution in [0.25, 0.3) is 0 Å². The molecule has 1 atom stereocenters. The Morgan fingerprint density at radius 3 is 2.72 bits per heavy atom. The van der Waals surface area contributed by atoms with Crippen LogP contribution in [0.5, 0.6) is 0 Å². The van der Waals surface area contributed by atoms with Crippen molar-refractivity contribution in [2.75, 3.05) is 13.1 Å². The van der Waals surface area contributed by atoms with Crippen LogP contribution in [0.2, 0.25) is 5.02 Å². The Morgan fingerprint density at radius 1 is 1.17 bits per heavy atom. The van der Waals surface area contributed by atoms with Crippen LogP contribution in [-0.2, 0) is 20.0 Å². The Bertz CT molecular complexity index is 1030. The minimum absolute atomic E-state index is 0.0817. The van der Waals surface area contributed by atoms with Crippen molar-refractivity contribution in [3.05, 3.63) is 92.7 Å². The number of aryl methyl sites for hydroxylation is 1. The molecule has 1 unspecified atom stereocenters. The van der Waals surface area contributed by atoms with E-state index in [0.29, 0.717) is 17.1 Å². The molecule has 0 radical (unpaired) electrons. The SMILES string of the molecule is Cn1cccc1C(CNC(=O)c1cc(Br)ccc1Cl)N1CCc2ccccc2C1. The molecule has 1 N–H and O–H groups in total. The summed E-state index contributed by atoms with van der Waals surface area (Å²) < 4.78 is 2.96. The highest BCUT2D eigenvalue weighted by molar-refractivity contribution is 9.10. The highest BCUT2D eigenvalue weighted by Gasteiger charge is 2.27. The second-order valence-electron chi connectivity index (χ2n) is 7.38. The summed E-state index contributed by atoms with van der Waals surface area (Å²) in [5.74, 6) is -0.159. The lowest BCUT2D eigenvalue weighted by Gasteiger charge is -2.36. The number of halogens is 2. The largest absolute Gasteiger partial charge is 0.353 e. The van der Waals surface area contributed by atoms with Crippen molar-refractivity contribution in [2.24, 2.45) is 7.05 Å². The first-order valence-electron chi connectivity index (χ1n) is 9.68. The Hall–Kier alpha value is -2.08. The number of amides is 1. The third-order valence-electron chi connectivity index (χ3n) is 5.56. The second kappa shape index (κ2) is 8.74. The average Bonchev–Trinajstić information content (AvgIpc) is 3.15. The molecular weight excluding hydrogens is 450 g/mol. The van der Waals surface area contributed by atoms with Crippen LogP contribution in [0.4, 0.5) is 0 Å². The maximum absolute atomic E-state index is 12.8. The minimum Gasteiger partial charge on any atom is -0.353 e. The normalized spacial score (nSPS) is 15.0. The first kappa shape index (κ1) is 20.2. The third-order valence-corrected chi connectivity index (χ3v) is 6.38.